The Kier molecular flexibility index (Phi) is 7.71. The van der Waals surface area contributed by atoms with E-state index in [2.05, 4.69) is 169 Å². The van der Waals surface area contributed by atoms with E-state index >= 15 is 0 Å². The van der Waals surface area contributed by atoms with Gasteiger partial charge in [0.15, 0.2) is 5.84 Å². The monoisotopic (exact) mass is 735 g/mol. The third-order valence-corrected chi connectivity index (χ3v) is 11.9. The summed E-state index contributed by atoms with van der Waals surface area (Å²) in [6.45, 7) is 0. The van der Waals surface area contributed by atoms with Crippen molar-refractivity contribution in [3.05, 3.63) is 205 Å². The highest BCUT2D eigenvalue weighted by atomic mass is 32.1. The lowest BCUT2D eigenvalue weighted by Crippen LogP contribution is -2.33. The van der Waals surface area contributed by atoms with E-state index in [1.54, 1.807) is 0 Å². The standard InChI is InChI=1S/C51H33N3OS/c1-3-12-32(13-4-1)33-22-24-35(25-23-33)50-52-49(34-14-5-2-6-15-34)53-51(54-50)37-27-28-40-44-20-11-19-43(48(44)55-45(40)30-37)39-17-8-7-16-38(39)36-26-29-42-41-18-9-10-21-46(41)56-47(42)31-36/h1-31,50H,(H,52,53,54). The van der Waals surface area contributed by atoms with Crippen LogP contribution in [-0.4, -0.2) is 11.7 Å². The summed E-state index contributed by atoms with van der Waals surface area (Å²) >= 11 is 1.85. The molecule has 10 aromatic rings. The van der Waals surface area contributed by atoms with Crippen LogP contribution in [0.25, 0.3) is 75.5 Å². The van der Waals surface area contributed by atoms with Crippen molar-refractivity contribution < 1.29 is 4.42 Å². The highest BCUT2D eigenvalue weighted by Gasteiger charge is 2.23. The van der Waals surface area contributed by atoms with Gasteiger partial charge in [-0.3, -0.25) is 0 Å². The number of amidine groups is 2. The summed E-state index contributed by atoms with van der Waals surface area (Å²) in [4.78, 5) is 10.3. The van der Waals surface area contributed by atoms with Crippen LogP contribution in [0.15, 0.2) is 202 Å². The fourth-order valence-electron chi connectivity index (χ4n) is 7.99. The van der Waals surface area contributed by atoms with Crippen LogP contribution in [0, 0.1) is 0 Å². The molecule has 1 N–H and O–H groups in total. The summed E-state index contributed by atoms with van der Waals surface area (Å²) in [5.74, 6) is 1.44. The van der Waals surface area contributed by atoms with Gasteiger partial charge in [-0.05, 0) is 57.6 Å². The zero-order valence-electron chi connectivity index (χ0n) is 30.2. The lowest BCUT2D eigenvalue weighted by molar-refractivity contribution is 0.668. The van der Waals surface area contributed by atoms with Crippen molar-refractivity contribution in [1.29, 1.82) is 0 Å². The number of fused-ring (bicyclic) bond motifs is 6. The number of hydrogen-bond donors (Lipinski definition) is 1. The molecule has 0 fully saturated rings. The molecule has 8 aromatic carbocycles. The minimum atomic E-state index is -0.316. The molecule has 3 heterocycles. The second kappa shape index (κ2) is 13.3. The van der Waals surface area contributed by atoms with Crippen molar-refractivity contribution in [2.24, 2.45) is 9.98 Å². The summed E-state index contributed by atoms with van der Waals surface area (Å²) in [5.41, 5.74) is 11.6. The van der Waals surface area contributed by atoms with Crippen LogP contribution < -0.4 is 5.32 Å². The molecule has 0 bridgehead atoms. The minimum Gasteiger partial charge on any atom is -0.455 e. The van der Waals surface area contributed by atoms with Crippen molar-refractivity contribution in [2.45, 2.75) is 6.17 Å². The maximum Gasteiger partial charge on any atom is 0.159 e. The van der Waals surface area contributed by atoms with Crippen molar-refractivity contribution in [2.75, 3.05) is 0 Å². The molecule has 1 unspecified atom stereocenters. The summed E-state index contributed by atoms with van der Waals surface area (Å²) in [7, 11) is 0. The van der Waals surface area contributed by atoms with Gasteiger partial charge in [0.05, 0.1) is 0 Å². The number of para-hydroxylation sites is 1. The molecular formula is C51H33N3OS. The third kappa shape index (κ3) is 5.60. The van der Waals surface area contributed by atoms with Gasteiger partial charge in [0.1, 0.15) is 23.2 Å². The van der Waals surface area contributed by atoms with E-state index < -0.39 is 0 Å². The second-order valence-electron chi connectivity index (χ2n) is 14.2. The number of rotatable bonds is 6. The summed E-state index contributed by atoms with van der Waals surface area (Å²) < 4.78 is 9.43. The van der Waals surface area contributed by atoms with Crippen molar-refractivity contribution >= 4 is 65.1 Å². The molecule has 0 spiro atoms. The first kappa shape index (κ1) is 32.4. The van der Waals surface area contributed by atoms with Gasteiger partial charge in [-0.1, -0.05) is 164 Å². The molecule has 1 atom stereocenters. The Hall–Kier alpha value is -7.08. The Bertz CT molecular complexity index is 3160. The number of nitrogens with one attached hydrogen (secondary N) is 1. The zero-order chi connectivity index (χ0) is 37.0. The number of thiophene rings is 1. The molecule has 1 aliphatic heterocycles. The van der Waals surface area contributed by atoms with Crippen molar-refractivity contribution in [1.82, 2.24) is 5.32 Å². The van der Waals surface area contributed by atoms with Gasteiger partial charge in [-0.15, -0.1) is 11.3 Å². The van der Waals surface area contributed by atoms with Gasteiger partial charge >= 0.3 is 0 Å². The third-order valence-electron chi connectivity index (χ3n) is 10.8. The van der Waals surface area contributed by atoms with E-state index in [-0.39, 0.29) is 6.17 Å². The molecule has 264 valence electrons. The van der Waals surface area contributed by atoms with Crippen molar-refractivity contribution in [3.63, 3.8) is 0 Å². The molecule has 0 saturated carbocycles. The fraction of sp³-hybridized carbons (Fsp3) is 0.0196. The molecule has 0 saturated heterocycles. The molecule has 4 nitrogen and oxygen atoms in total. The first-order valence-electron chi connectivity index (χ1n) is 18.8. The smallest absolute Gasteiger partial charge is 0.159 e. The van der Waals surface area contributed by atoms with Gasteiger partial charge < -0.3 is 9.73 Å². The van der Waals surface area contributed by atoms with E-state index in [4.69, 9.17) is 14.4 Å². The maximum absolute atomic E-state index is 6.83. The van der Waals surface area contributed by atoms with Crippen LogP contribution in [0.2, 0.25) is 0 Å². The van der Waals surface area contributed by atoms with Gasteiger partial charge in [0.2, 0.25) is 0 Å². The summed E-state index contributed by atoms with van der Waals surface area (Å²) in [6.07, 6.45) is -0.316. The molecule has 11 rings (SSSR count). The van der Waals surface area contributed by atoms with Gasteiger partial charge in [-0.2, -0.15) is 0 Å². The van der Waals surface area contributed by atoms with Crippen LogP contribution in [0.1, 0.15) is 22.9 Å². The fourth-order valence-corrected chi connectivity index (χ4v) is 9.14. The summed E-state index contributed by atoms with van der Waals surface area (Å²) in [5, 5.41) is 8.35. The first-order chi connectivity index (χ1) is 27.7. The number of furan rings is 1. The van der Waals surface area contributed by atoms with E-state index in [0.29, 0.717) is 5.84 Å². The average molecular weight is 736 g/mol. The lowest BCUT2D eigenvalue weighted by Gasteiger charge is -2.24. The van der Waals surface area contributed by atoms with E-state index in [1.807, 2.05) is 35.6 Å². The molecular weight excluding hydrogens is 703 g/mol. The number of nitrogens with zero attached hydrogens (tertiary/aromatic N) is 2. The first-order valence-corrected chi connectivity index (χ1v) is 19.7. The molecule has 2 aromatic heterocycles. The molecule has 1 aliphatic rings. The number of benzene rings is 8. The topological polar surface area (TPSA) is 49.9 Å². The largest absolute Gasteiger partial charge is 0.455 e. The van der Waals surface area contributed by atoms with Crippen LogP contribution in [0.4, 0.5) is 0 Å². The Morgan fingerprint density at radius 3 is 1.91 bits per heavy atom. The van der Waals surface area contributed by atoms with Gasteiger partial charge in [0, 0.05) is 47.6 Å². The molecule has 0 aliphatic carbocycles. The summed E-state index contributed by atoms with van der Waals surface area (Å²) in [6, 6.07) is 66.3. The Morgan fingerprint density at radius 1 is 0.446 bits per heavy atom. The predicted octanol–water partition coefficient (Wildman–Crippen LogP) is 13.5. The van der Waals surface area contributed by atoms with Crippen LogP contribution in [-0.2, 0) is 0 Å². The van der Waals surface area contributed by atoms with Crippen LogP contribution in [0.5, 0.6) is 0 Å². The maximum atomic E-state index is 6.83. The lowest BCUT2D eigenvalue weighted by atomic mass is 9.93. The van der Waals surface area contributed by atoms with Crippen LogP contribution in [0.3, 0.4) is 0 Å². The number of hydrogen-bond acceptors (Lipinski definition) is 5. The normalized spacial score (nSPS) is 14.2. The zero-order valence-corrected chi connectivity index (χ0v) is 31.0. The average Bonchev–Trinajstić information content (AvgIpc) is 3.85. The van der Waals surface area contributed by atoms with E-state index in [0.717, 1.165) is 55.6 Å². The minimum absolute atomic E-state index is 0.316. The Labute approximate surface area is 327 Å². The van der Waals surface area contributed by atoms with E-state index in [1.165, 1.54) is 42.4 Å². The predicted molar refractivity (Wildman–Crippen MR) is 235 cm³/mol. The van der Waals surface area contributed by atoms with Crippen LogP contribution >= 0.6 is 11.3 Å². The van der Waals surface area contributed by atoms with E-state index in [9.17, 15) is 0 Å². The highest BCUT2D eigenvalue weighted by Crippen LogP contribution is 2.42. The quantitative estimate of drug-likeness (QED) is 0.185. The van der Waals surface area contributed by atoms with Crippen molar-refractivity contribution in [3.8, 4) is 33.4 Å². The Morgan fingerprint density at radius 2 is 1.07 bits per heavy atom. The second-order valence-corrected chi connectivity index (χ2v) is 15.2. The SMILES string of the molecule is c1ccc(C2=NC(c3ccc4c(c3)oc3c(-c5ccccc5-c5ccc6c(c5)sc5ccccc56)cccc34)=NC(c3ccc(-c4ccccc4)cc3)N2)cc1. The molecule has 0 radical (unpaired) electrons. The highest BCUT2D eigenvalue weighted by molar-refractivity contribution is 7.25. The van der Waals surface area contributed by atoms with Gasteiger partial charge in [-0.25, -0.2) is 9.98 Å². The Balaban J connectivity index is 0.995. The number of aliphatic imine (C=N–C) groups is 2. The molecule has 5 heteroatoms. The molecule has 56 heavy (non-hydrogen) atoms. The molecule has 0 amide bonds. The van der Waals surface area contributed by atoms with Gasteiger partial charge in [0.25, 0.3) is 0 Å².